The van der Waals surface area contributed by atoms with Gasteiger partial charge in [0.1, 0.15) is 24.5 Å². The second-order valence-corrected chi connectivity index (χ2v) is 13.2. The molecule has 0 aliphatic carbocycles. The fourth-order valence-electron chi connectivity index (χ4n) is 5.95. The lowest BCUT2D eigenvalue weighted by molar-refractivity contribution is 0.0481. The molecule has 0 bridgehead atoms. The summed E-state index contributed by atoms with van der Waals surface area (Å²) in [4.78, 5) is 19.6. The maximum absolute atomic E-state index is 12.4. The van der Waals surface area contributed by atoms with Crippen LogP contribution in [0.4, 0.5) is 10.5 Å². The summed E-state index contributed by atoms with van der Waals surface area (Å²) in [7, 11) is 1.96. The molecule has 1 saturated heterocycles. The number of piperidine rings is 1. The van der Waals surface area contributed by atoms with E-state index in [1.807, 2.05) is 105 Å². The van der Waals surface area contributed by atoms with Crippen molar-refractivity contribution in [1.29, 1.82) is 0 Å². The second-order valence-electron chi connectivity index (χ2n) is 13.2. The molecule has 47 heavy (non-hydrogen) atoms. The maximum Gasteiger partial charge on any atom is 0.407 e. The van der Waals surface area contributed by atoms with Gasteiger partial charge in [0.25, 0.3) is 0 Å². The normalized spacial score (nSPS) is 16.6. The number of nitrogens with zero attached hydrogens (tertiary/aromatic N) is 4. The Bertz CT molecular complexity index is 1820. The molecule has 2 atom stereocenters. The summed E-state index contributed by atoms with van der Waals surface area (Å²) in [6.45, 7) is 10.2. The van der Waals surface area contributed by atoms with E-state index < -0.39 is 5.60 Å². The Labute approximate surface area is 276 Å². The predicted octanol–water partition coefficient (Wildman–Crippen LogP) is 7.53. The first kappa shape index (κ1) is 31.9. The van der Waals surface area contributed by atoms with Gasteiger partial charge in [-0.25, -0.2) is 4.79 Å². The SMILES string of the molecule is C[C@@H]1CN(c2ccc3c(-c4ccc(OCc5ccccc5)nc4OCc4ccccc4)nn(C)c3c2)CC[C@@H]1NC(=O)OC(C)(C)C. The number of alkyl carbamates (subject to hydrolysis) is 1. The van der Waals surface area contributed by atoms with Crippen molar-refractivity contribution < 1.29 is 19.0 Å². The van der Waals surface area contributed by atoms with Crippen LogP contribution in [0.1, 0.15) is 45.2 Å². The molecule has 2 aromatic heterocycles. The van der Waals surface area contributed by atoms with E-state index in [9.17, 15) is 4.79 Å². The van der Waals surface area contributed by atoms with E-state index in [4.69, 9.17) is 24.3 Å². The van der Waals surface area contributed by atoms with Crippen molar-refractivity contribution in [2.45, 2.75) is 59.0 Å². The lowest BCUT2D eigenvalue weighted by Gasteiger charge is -2.38. The molecule has 1 amide bonds. The number of nitrogens with one attached hydrogen (secondary N) is 1. The van der Waals surface area contributed by atoms with Gasteiger partial charge in [-0.2, -0.15) is 10.1 Å². The zero-order valence-corrected chi connectivity index (χ0v) is 27.8. The third-order valence-electron chi connectivity index (χ3n) is 8.35. The number of hydrogen-bond donors (Lipinski definition) is 1. The summed E-state index contributed by atoms with van der Waals surface area (Å²) in [5, 5.41) is 9.03. The van der Waals surface area contributed by atoms with Gasteiger partial charge < -0.3 is 24.4 Å². The first-order valence-corrected chi connectivity index (χ1v) is 16.2. The lowest BCUT2D eigenvalue weighted by atomic mass is 9.93. The Kier molecular flexibility index (Phi) is 9.33. The molecule has 244 valence electrons. The first-order chi connectivity index (χ1) is 22.6. The highest BCUT2D eigenvalue weighted by atomic mass is 16.6. The zero-order chi connectivity index (χ0) is 33.0. The van der Waals surface area contributed by atoms with Crippen molar-refractivity contribution in [2.24, 2.45) is 13.0 Å². The third kappa shape index (κ3) is 7.85. The molecule has 1 fully saturated rings. The van der Waals surface area contributed by atoms with E-state index in [1.165, 1.54) is 0 Å². The number of fused-ring (bicyclic) bond motifs is 1. The standard InChI is InChI=1S/C38H43N5O4/c1-26-23-43(21-20-32(26)39-37(44)47-38(2,3)4)29-16-17-30-33(22-29)42(5)41-35(30)31-18-19-34(45-24-27-12-8-6-9-13-27)40-36(31)46-25-28-14-10-7-11-15-28/h6-19,22,26,32H,20-21,23-25H2,1-5H3,(H,39,44)/t26-,32+/m1/s1. The largest absolute Gasteiger partial charge is 0.473 e. The Morgan fingerprint density at radius 3 is 2.26 bits per heavy atom. The Morgan fingerprint density at radius 1 is 0.915 bits per heavy atom. The Hall–Kier alpha value is -5.05. The van der Waals surface area contributed by atoms with E-state index >= 15 is 0 Å². The molecular weight excluding hydrogens is 590 g/mol. The number of carbonyl (C=O) groups excluding carboxylic acids is 1. The highest BCUT2D eigenvalue weighted by molar-refractivity contribution is 5.96. The third-order valence-corrected chi connectivity index (χ3v) is 8.35. The minimum atomic E-state index is -0.519. The van der Waals surface area contributed by atoms with E-state index in [1.54, 1.807) is 0 Å². The van der Waals surface area contributed by atoms with Gasteiger partial charge in [-0.3, -0.25) is 4.68 Å². The van der Waals surface area contributed by atoms with Crippen LogP contribution in [-0.4, -0.2) is 45.6 Å². The van der Waals surface area contributed by atoms with Crippen molar-refractivity contribution in [3.8, 4) is 23.0 Å². The van der Waals surface area contributed by atoms with E-state index in [-0.39, 0.29) is 18.1 Å². The number of aryl methyl sites for hydroxylation is 1. The van der Waals surface area contributed by atoms with Crippen molar-refractivity contribution in [1.82, 2.24) is 20.1 Å². The quantitative estimate of drug-likeness (QED) is 0.179. The van der Waals surface area contributed by atoms with Gasteiger partial charge in [0.2, 0.25) is 11.8 Å². The average Bonchev–Trinajstić information content (AvgIpc) is 3.39. The Morgan fingerprint density at radius 2 is 1.60 bits per heavy atom. The number of benzene rings is 3. The fraction of sp³-hybridized carbons (Fsp3) is 0.342. The van der Waals surface area contributed by atoms with Crippen LogP contribution in [0.2, 0.25) is 0 Å². The van der Waals surface area contributed by atoms with Crippen LogP contribution in [-0.2, 0) is 25.0 Å². The minimum absolute atomic E-state index is 0.0644. The first-order valence-electron chi connectivity index (χ1n) is 16.2. The van der Waals surface area contributed by atoms with Crippen LogP contribution < -0.4 is 19.7 Å². The van der Waals surface area contributed by atoms with Gasteiger partial charge in [-0.05, 0) is 68.5 Å². The maximum atomic E-state index is 12.4. The molecule has 0 radical (unpaired) electrons. The van der Waals surface area contributed by atoms with Crippen LogP contribution in [0.25, 0.3) is 22.2 Å². The van der Waals surface area contributed by atoms with Crippen LogP contribution in [0.3, 0.4) is 0 Å². The Balaban J connectivity index is 1.23. The van der Waals surface area contributed by atoms with Crippen molar-refractivity contribution in [2.75, 3.05) is 18.0 Å². The van der Waals surface area contributed by atoms with Gasteiger partial charge in [0, 0.05) is 43.3 Å². The number of carbonyl (C=O) groups is 1. The summed E-state index contributed by atoms with van der Waals surface area (Å²) < 4.78 is 19.8. The highest BCUT2D eigenvalue weighted by Gasteiger charge is 2.29. The van der Waals surface area contributed by atoms with Gasteiger partial charge in [-0.1, -0.05) is 67.6 Å². The topological polar surface area (TPSA) is 90.7 Å². The average molecular weight is 634 g/mol. The minimum Gasteiger partial charge on any atom is -0.473 e. The van der Waals surface area contributed by atoms with Crippen LogP contribution in [0.15, 0.2) is 91.0 Å². The molecule has 1 aliphatic rings. The highest BCUT2D eigenvalue weighted by Crippen LogP contribution is 2.37. The van der Waals surface area contributed by atoms with Gasteiger partial charge in [-0.15, -0.1) is 0 Å². The van der Waals surface area contributed by atoms with Crippen LogP contribution in [0.5, 0.6) is 11.8 Å². The zero-order valence-electron chi connectivity index (χ0n) is 27.8. The molecule has 3 heterocycles. The van der Waals surface area contributed by atoms with Gasteiger partial charge >= 0.3 is 6.09 Å². The molecule has 6 rings (SSSR count). The number of hydrogen-bond acceptors (Lipinski definition) is 7. The monoisotopic (exact) mass is 633 g/mol. The van der Waals surface area contributed by atoms with Crippen LogP contribution in [0, 0.1) is 5.92 Å². The molecular formula is C38H43N5O4. The fourth-order valence-corrected chi connectivity index (χ4v) is 5.95. The summed E-state index contributed by atoms with van der Waals surface area (Å²) in [5.74, 6) is 1.21. The summed E-state index contributed by atoms with van der Waals surface area (Å²) >= 11 is 0. The number of rotatable bonds is 9. The molecule has 3 aromatic carbocycles. The summed E-state index contributed by atoms with van der Waals surface area (Å²) in [5.41, 5.74) is 5.33. The van der Waals surface area contributed by atoms with Gasteiger partial charge in [0.05, 0.1) is 11.1 Å². The number of amides is 1. The number of anilines is 1. The van der Waals surface area contributed by atoms with Crippen molar-refractivity contribution in [3.63, 3.8) is 0 Å². The lowest BCUT2D eigenvalue weighted by Crippen LogP contribution is -2.51. The van der Waals surface area contributed by atoms with E-state index in [0.717, 1.165) is 58.5 Å². The second kappa shape index (κ2) is 13.7. The summed E-state index contributed by atoms with van der Waals surface area (Å²) in [6, 6.07) is 30.5. The van der Waals surface area contributed by atoms with E-state index in [0.29, 0.717) is 25.0 Å². The molecule has 0 unspecified atom stereocenters. The van der Waals surface area contributed by atoms with Gasteiger partial charge in [0.15, 0.2) is 0 Å². The molecule has 1 aliphatic heterocycles. The smallest absolute Gasteiger partial charge is 0.407 e. The number of aromatic nitrogens is 3. The van der Waals surface area contributed by atoms with Crippen LogP contribution >= 0.6 is 0 Å². The molecule has 9 nitrogen and oxygen atoms in total. The van der Waals surface area contributed by atoms with Crippen molar-refractivity contribution in [3.05, 3.63) is 102 Å². The van der Waals surface area contributed by atoms with E-state index in [2.05, 4.69) is 35.3 Å². The molecule has 0 saturated carbocycles. The molecule has 0 spiro atoms. The predicted molar refractivity (Wildman–Crippen MR) is 185 cm³/mol. The molecule has 5 aromatic rings. The van der Waals surface area contributed by atoms with Crippen molar-refractivity contribution >= 4 is 22.7 Å². The number of ether oxygens (including phenoxy) is 3. The molecule has 1 N–H and O–H groups in total. The summed E-state index contributed by atoms with van der Waals surface area (Å²) in [6.07, 6.45) is 0.478. The molecule has 9 heteroatoms. The number of pyridine rings is 1.